The van der Waals surface area contributed by atoms with Gasteiger partial charge < -0.3 is 4.42 Å². The molecular formula is C11H10O2. The van der Waals surface area contributed by atoms with E-state index < -0.39 is 0 Å². The maximum absolute atomic E-state index is 11.0. The summed E-state index contributed by atoms with van der Waals surface area (Å²) in [6.07, 6.45) is 0. The zero-order chi connectivity index (χ0) is 9.42. The first-order chi connectivity index (χ1) is 6.18. The van der Waals surface area contributed by atoms with Gasteiger partial charge in [0, 0.05) is 12.3 Å². The number of carbonyl (C=O) groups excluding carboxylic acids is 1. The summed E-state index contributed by atoms with van der Waals surface area (Å²) >= 11 is 0. The van der Waals surface area contributed by atoms with Crippen molar-refractivity contribution in [2.24, 2.45) is 0 Å². The molecule has 13 heavy (non-hydrogen) atoms. The first-order valence-electron chi connectivity index (χ1n) is 4.18. The quantitative estimate of drug-likeness (QED) is 0.622. The van der Waals surface area contributed by atoms with Crippen LogP contribution in [0.25, 0.3) is 11.0 Å². The van der Waals surface area contributed by atoms with Gasteiger partial charge in [-0.25, -0.2) is 0 Å². The average molecular weight is 174 g/mol. The third-order valence-corrected chi connectivity index (χ3v) is 2.09. The molecule has 0 N–H and O–H groups in total. The lowest BCUT2D eigenvalue weighted by Gasteiger charge is -1.91. The lowest BCUT2D eigenvalue weighted by Crippen LogP contribution is -1.85. The van der Waals surface area contributed by atoms with E-state index in [-0.39, 0.29) is 5.78 Å². The maximum Gasteiger partial charge on any atom is 0.194 e. The van der Waals surface area contributed by atoms with Crippen LogP contribution in [0, 0.1) is 6.92 Å². The van der Waals surface area contributed by atoms with Crippen LogP contribution in [-0.2, 0) is 0 Å². The second-order valence-corrected chi connectivity index (χ2v) is 3.16. The number of carbonyl (C=O) groups is 1. The van der Waals surface area contributed by atoms with Gasteiger partial charge in [-0.2, -0.15) is 0 Å². The van der Waals surface area contributed by atoms with Gasteiger partial charge >= 0.3 is 0 Å². The van der Waals surface area contributed by atoms with Gasteiger partial charge in [-0.3, -0.25) is 4.79 Å². The molecule has 1 heterocycles. The number of benzene rings is 1. The van der Waals surface area contributed by atoms with E-state index in [1.165, 1.54) is 6.92 Å². The fourth-order valence-electron chi connectivity index (χ4n) is 1.38. The topological polar surface area (TPSA) is 30.2 Å². The van der Waals surface area contributed by atoms with Crippen molar-refractivity contribution in [2.75, 3.05) is 0 Å². The molecule has 0 amide bonds. The summed E-state index contributed by atoms with van der Waals surface area (Å²) in [6, 6.07) is 7.65. The van der Waals surface area contributed by atoms with Gasteiger partial charge in [-0.05, 0) is 18.6 Å². The zero-order valence-corrected chi connectivity index (χ0v) is 7.63. The highest BCUT2D eigenvalue weighted by atomic mass is 16.3. The van der Waals surface area contributed by atoms with Gasteiger partial charge in [-0.15, -0.1) is 0 Å². The summed E-state index contributed by atoms with van der Waals surface area (Å²) in [6.45, 7) is 3.47. The molecular weight excluding hydrogens is 164 g/mol. The third-order valence-electron chi connectivity index (χ3n) is 2.09. The molecule has 1 aromatic carbocycles. The van der Waals surface area contributed by atoms with Gasteiger partial charge in [0.25, 0.3) is 0 Å². The molecule has 0 bridgehead atoms. The molecule has 0 aliphatic rings. The molecule has 0 spiro atoms. The van der Waals surface area contributed by atoms with Gasteiger partial charge in [0.15, 0.2) is 11.5 Å². The summed E-state index contributed by atoms with van der Waals surface area (Å²) < 4.78 is 5.41. The van der Waals surface area contributed by atoms with Gasteiger partial charge in [0.2, 0.25) is 0 Å². The Morgan fingerprint density at radius 3 is 2.77 bits per heavy atom. The van der Waals surface area contributed by atoms with E-state index in [1.54, 1.807) is 6.07 Å². The molecule has 2 aromatic rings. The molecule has 0 saturated heterocycles. The van der Waals surface area contributed by atoms with Crippen LogP contribution in [0.3, 0.4) is 0 Å². The Morgan fingerprint density at radius 2 is 2.15 bits per heavy atom. The monoisotopic (exact) mass is 174 g/mol. The van der Waals surface area contributed by atoms with E-state index in [0.717, 1.165) is 16.5 Å². The number of hydrogen-bond donors (Lipinski definition) is 0. The van der Waals surface area contributed by atoms with E-state index in [1.807, 2.05) is 25.1 Å². The van der Waals surface area contributed by atoms with E-state index in [0.29, 0.717) is 5.76 Å². The van der Waals surface area contributed by atoms with Crippen molar-refractivity contribution >= 4 is 16.8 Å². The van der Waals surface area contributed by atoms with Crippen molar-refractivity contribution < 1.29 is 9.21 Å². The van der Waals surface area contributed by atoms with Crippen molar-refractivity contribution in [3.05, 3.63) is 35.6 Å². The molecule has 0 atom stereocenters. The highest BCUT2D eigenvalue weighted by Crippen LogP contribution is 2.22. The van der Waals surface area contributed by atoms with Crippen LogP contribution in [0.2, 0.25) is 0 Å². The van der Waals surface area contributed by atoms with Crippen LogP contribution in [0.15, 0.2) is 28.7 Å². The van der Waals surface area contributed by atoms with Crippen LogP contribution in [0.1, 0.15) is 23.0 Å². The molecule has 2 nitrogen and oxygen atoms in total. The molecule has 1 aromatic heterocycles. The Balaban J connectivity index is 2.75. The van der Waals surface area contributed by atoms with Crippen molar-refractivity contribution in [2.45, 2.75) is 13.8 Å². The van der Waals surface area contributed by atoms with Crippen molar-refractivity contribution in [3.63, 3.8) is 0 Å². The lowest BCUT2D eigenvalue weighted by molar-refractivity contribution is 0.0989. The minimum atomic E-state index is -0.0319. The lowest BCUT2D eigenvalue weighted by atomic mass is 10.2. The predicted molar refractivity (Wildman–Crippen MR) is 51.0 cm³/mol. The number of Topliss-reactive ketones (excluding diaryl/α,β-unsaturated/α-hetero) is 1. The van der Waals surface area contributed by atoms with Gasteiger partial charge in [-0.1, -0.05) is 18.2 Å². The van der Waals surface area contributed by atoms with Crippen LogP contribution in [0.4, 0.5) is 0 Å². The van der Waals surface area contributed by atoms with Crippen molar-refractivity contribution in [3.8, 4) is 0 Å². The molecule has 0 aliphatic heterocycles. The number of fused-ring (bicyclic) bond motifs is 1. The second-order valence-electron chi connectivity index (χ2n) is 3.16. The molecule has 0 radical (unpaired) electrons. The molecule has 0 fully saturated rings. The number of ketones is 1. The highest BCUT2D eigenvalue weighted by Gasteiger charge is 2.08. The second kappa shape index (κ2) is 2.73. The number of aryl methyl sites for hydroxylation is 1. The van der Waals surface area contributed by atoms with E-state index in [9.17, 15) is 4.79 Å². The van der Waals surface area contributed by atoms with Crippen LogP contribution < -0.4 is 0 Å². The zero-order valence-electron chi connectivity index (χ0n) is 7.63. The Bertz CT molecular complexity index is 466. The molecule has 0 unspecified atom stereocenters. The van der Waals surface area contributed by atoms with E-state index in [2.05, 4.69) is 0 Å². The van der Waals surface area contributed by atoms with E-state index in [4.69, 9.17) is 4.42 Å². The first kappa shape index (κ1) is 8.05. The van der Waals surface area contributed by atoms with Crippen LogP contribution >= 0.6 is 0 Å². The molecule has 0 saturated carbocycles. The summed E-state index contributed by atoms with van der Waals surface area (Å²) in [5.74, 6) is 0.403. The van der Waals surface area contributed by atoms with Crippen LogP contribution in [-0.4, -0.2) is 5.78 Å². The summed E-state index contributed by atoms with van der Waals surface area (Å²) in [5.41, 5.74) is 1.87. The van der Waals surface area contributed by atoms with Gasteiger partial charge in [0.05, 0.1) is 0 Å². The fourth-order valence-corrected chi connectivity index (χ4v) is 1.38. The van der Waals surface area contributed by atoms with Crippen LogP contribution in [0.5, 0.6) is 0 Å². The summed E-state index contributed by atoms with van der Waals surface area (Å²) in [7, 11) is 0. The number of furan rings is 1. The predicted octanol–water partition coefficient (Wildman–Crippen LogP) is 2.94. The molecule has 2 rings (SSSR count). The molecule has 0 aliphatic carbocycles. The maximum atomic E-state index is 11.0. The number of para-hydroxylation sites is 1. The Labute approximate surface area is 76.2 Å². The minimum Gasteiger partial charge on any atom is -0.453 e. The summed E-state index contributed by atoms with van der Waals surface area (Å²) in [4.78, 5) is 11.0. The molecule has 2 heteroatoms. The smallest absolute Gasteiger partial charge is 0.194 e. The normalized spacial score (nSPS) is 10.6. The van der Waals surface area contributed by atoms with Crippen molar-refractivity contribution in [1.29, 1.82) is 0 Å². The highest BCUT2D eigenvalue weighted by molar-refractivity contribution is 5.96. The van der Waals surface area contributed by atoms with E-state index >= 15 is 0 Å². The Hall–Kier alpha value is -1.57. The third kappa shape index (κ3) is 1.24. The summed E-state index contributed by atoms with van der Waals surface area (Å²) in [5, 5.41) is 0.991. The minimum absolute atomic E-state index is 0.0319. The van der Waals surface area contributed by atoms with Crippen molar-refractivity contribution in [1.82, 2.24) is 0 Å². The standard InChI is InChI=1S/C11H10O2/c1-7-4-3-5-9-6-10(8(2)12)13-11(7)9/h3-6H,1-2H3. The first-order valence-corrected chi connectivity index (χ1v) is 4.18. The fraction of sp³-hybridized carbons (Fsp3) is 0.182. The number of rotatable bonds is 1. The Morgan fingerprint density at radius 1 is 1.38 bits per heavy atom. The number of hydrogen-bond acceptors (Lipinski definition) is 2. The van der Waals surface area contributed by atoms with Gasteiger partial charge in [0.1, 0.15) is 5.58 Å². The Kier molecular flexibility index (Phi) is 1.69. The average Bonchev–Trinajstić information content (AvgIpc) is 2.49. The SMILES string of the molecule is CC(=O)c1cc2cccc(C)c2o1. The largest absolute Gasteiger partial charge is 0.453 e. The molecule has 66 valence electrons.